The number of aliphatic imine (C=N–C) groups is 1. The van der Waals surface area contributed by atoms with Crippen LogP contribution in [0.1, 0.15) is 13.3 Å². The van der Waals surface area contributed by atoms with Gasteiger partial charge in [-0.1, -0.05) is 12.8 Å². The molecule has 2 N–H and O–H groups in total. The Labute approximate surface area is 113 Å². The first-order chi connectivity index (χ1) is 6.77. The fourth-order valence-corrected chi connectivity index (χ4v) is 2.18. The lowest BCUT2D eigenvalue weighted by atomic mass is 10.2. The van der Waals surface area contributed by atoms with Crippen molar-refractivity contribution in [3.8, 4) is 12.3 Å². The number of halogens is 1. The summed E-state index contributed by atoms with van der Waals surface area (Å²) < 4.78 is 0. The topological polar surface area (TPSA) is 41.6 Å². The number of rotatable bonds is 2. The molecule has 15 heavy (non-hydrogen) atoms. The van der Waals surface area contributed by atoms with Crippen molar-refractivity contribution in [2.24, 2.45) is 10.7 Å². The van der Waals surface area contributed by atoms with Crippen molar-refractivity contribution in [2.75, 3.05) is 24.6 Å². The van der Waals surface area contributed by atoms with Crippen LogP contribution in [0.25, 0.3) is 0 Å². The maximum Gasteiger partial charge on any atom is 0.192 e. The number of terminal acetylenes is 1. The van der Waals surface area contributed by atoms with Gasteiger partial charge in [0.25, 0.3) is 0 Å². The molecule has 0 saturated carbocycles. The predicted octanol–water partition coefficient (Wildman–Crippen LogP) is 1.38. The van der Waals surface area contributed by atoms with E-state index in [4.69, 9.17) is 12.2 Å². The Kier molecular flexibility index (Phi) is 8.06. The molecule has 1 atom stereocenters. The summed E-state index contributed by atoms with van der Waals surface area (Å²) in [5.41, 5.74) is 5.87. The Balaban J connectivity index is 0.00000196. The Hall–Kier alpha value is -0.0900. The van der Waals surface area contributed by atoms with Gasteiger partial charge in [0.05, 0.1) is 0 Å². The summed E-state index contributed by atoms with van der Waals surface area (Å²) in [6.07, 6.45) is 6.17. The van der Waals surface area contributed by atoms with Crippen LogP contribution >= 0.6 is 35.7 Å². The first-order valence-electron chi connectivity index (χ1n) is 4.90. The van der Waals surface area contributed by atoms with Crippen molar-refractivity contribution in [3.05, 3.63) is 0 Å². The van der Waals surface area contributed by atoms with Crippen molar-refractivity contribution < 1.29 is 0 Å². The fraction of sp³-hybridized carbons (Fsp3) is 0.700. The summed E-state index contributed by atoms with van der Waals surface area (Å²) in [6, 6.07) is -0.0652. The standard InChI is InChI=1S/C10H17N3S.HI/c1-3-9(4-2)12-10(11)13-5-7-14-8-6-13;/h1,9H,4-8H2,2H3,(H2,11,12);1H. The van der Waals surface area contributed by atoms with E-state index in [1.807, 2.05) is 18.7 Å². The van der Waals surface area contributed by atoms with E-state index in [1.54, 1.807) is 0 Å². The van der Waals surface area contributed by atoms with Crippen LogP contribution in [0.3, 0.4) is 0 Å². The zero-order valence-electron chi connectivity index (χ0n) is 8.98. The third kappa shape index (κ3) is 4.98. The van der Waals surface area contributed by atoms with Crippen LogP contribution in [-0.4, -0.2) is 41.5 Å². The van der Waals surface area contributed by atoms with Crippen molar-refractivity contribution in [1.29, 1.82) is 0 Å². The van der Waals surface area contributed by atoms with Crippen LogP contribution in [0.4, 0.5) is 0 Å². The number of nitrogens with two attached hydrogens (primary N) is 1. The molecule has 5 heteroatoms. The molecule has 0 aliphatic carbocycles. The zero-order chi connectivity index (χ0) is 10.4. The molecule has 1 saturated heterocycles. The molecule has 1 aliphatic heterocycles. The van der Waals surface area contributed by atoms with E-state index >= 15 is 0 Å². The summed E-state index contributed by atoms with van der Waals surface area (Å²) in [5, 5.41) is 0. The molecule has 1 aliphatic rings. The molecule has 0 aromatic carbocycles. The third-order valence-electron chi connectivity index (χ3n) is 2.20. The minimum atomic E-state index is -0.0652. The number of hydrogen-bond donors (Lipinski definition) is 1. The van der Waals surface area contributed by atoms with Gasteiger partial charge in [-0.05, 0) is 6.42 Å². The summed E-state index contributed by atoms with van der Waals surface area (Å²) in [4.78, 5) is 6.42. The molecule has 1 rings (SSSR count). The highest BCUT2D eigenvalue weighted by Crippen LogP contribution is 2.09. The van der Waals surface area contributed by atoms with Crippen molar-refractivity contribution in [2.45, 2.75) is 19.4 Å². The fourth-order valence-electron chi connectivity index (χ4n) is 1.28. The molecule has 3 nitrogen and oxygen atoms in total. The van der Waals surface area contributed by atoms with Crippen LogP contribution in [0, 0.1) is 12.3 Å². The molecular formula is C10H18IN3S. The van der Waals surface area contributed by atoms with Gasteiger partial charge in [-0.2, -0.15) is 11.8 Å². The molecule has 0 radical (unpaired) electrons. The first-order valence-corrected chi connectivity index (χ1v) is 6.05. The van der Waals surface area contributed by atoms with Crippen LogP contribution in [0.15, 0.2) is 4.99 Å². The highest BCUT2D eigenvalue weighted by atomic mass is 127. The van der Waals surface area contributed by atoms with Gasteiger partial charge in [-0.15, -0.1) is 30.4 Å². The minimum absolute atomic E-state index is 0. The first kappa shape index (κ1) is 14.9. The van der Waals surface area contributed by atoms with E-state index < -0.39 is 0 Å². The second kappa shape index (κ2) is 8.11. The van der Waals surface area contributed by atoms with Crippen LogP contribution in [0.5, 0.6) is 0 Å². The molecule has 0 aromatic rings. The van der Waals surface area contributed by atoms with Gasteiger partial charge in [0.2, 0.25) is 0 Å². The normalized spacial score (nSPS) is 18.9. The summed E-state index contributed by atoms with van der Waals surface area (Å²) in [7, 11) is 0. The third-order valence-corrected chi connectivity index (χ3v) is 3.14. The lowest BCUT2D eigenvalue weighted by Crippen LogP contribution is -2.43. The van der Waals surface area contributed by atoms with Crippen molar-refractivity contribution in [1.82, 2.24) is 4.90 Å². The molecule has 1 heterocycles. The second-order valence-corrected chi connectivity index (χ2v) is 4.40. The highest BCUT2D eigenvalue weighted by Gasteiger charge is 2.13. The van der Waals surface area contributed by atoms with Crippen molar-refractivity contribution in [3.63, 3.8) is 0 Å². The number of nitrogens with zero attached hydrogens (tertiary/aromatic N) is 2. The van der Waals surface area contributed by atoms with E-state index in [2.05, 4.69) is 15.8 Å². The van der Waals surface area contributed by atoms with Gasteiger partial charge in [0.15, 0.2) is 5.96 Å². The summed E-state index contributed by atoms with van der Waals surface area (Å²) in [5.74, 6) is 5.48. The zero-order valence-corrected chi connectivity index (χ0v) is 12.1. The average Bonchev–Trinajstić information content (AvgIpc) is 2.26. The summed E-state index contributed by atoms with van der Waals surface area (Å²) >= 11 is 1.95. The highest BCUT2D eigenvalue weighted by molar-refractivity contribution is 14.0. The Morgan fingerprint density at radius 1 is 1.60 bits per heavy atom. The maximum absolute atomic E-state index is 5.87. The molecule has 1 unspecified atom stereocenters. The molecule has 0 spiro atoms. The molecule has 0 amide bonds. The lowest BCUT2D eigenvalue weighted by molar-refractivity contribution is 0.454. The molecule has 1 fully saturated rings. The van der Waals surface area contributed by atoms with Crippen LogP contribution in [0.2, 0.25) is 0 Å². The quantitative estimate of drug-likeness (QED) is 0.358. The molecule has 0 bridgehead atoms. The molecular weight excluding hydrogens is 321 g/mol. The number of guanidine groups is 1. The van der Waals surface area contributed by atoms with Gasteiger partial charge < -0.3 is 10.6 Å². The molecule has 86 valence electrons. The van der Waals surface area contributed by atoms with Crippen LogP contribution < -0.4 is 5.73 Å². The largest absolute Gasteiger partial charge is 0.370 e. The predicted molar refractivity (Wildman–Crippen MR) is 78.8 cm³/mol. The maximum atomic E-state index is 5.87. The van der Waals surface area contributed by atoms with Crippen LogP contribution in [-0.2, 0) is 0 Å². The minimum Gasteiger partial charge on any atom is -0.370 e. The van der Waals surface area contributed by atoms with E-state index in [0.29, 0.717) is 5.96 Å². The van der Waals surface area contributed by atoms with Crippen molar-refractivity contribution >= 4 is 41.7 Å². The van der Waals surface area contributed by atoms with E-state index in [0.717, 1.165) is 31.0 Å². The van der Waals surface area contributed by atoms with E-state index in [-0.39, 0.29) is 30.0 Å². The van der Waals surface area contributed by atoms with Gasteiger partial charge >= 0.3 is 0 Å². The van der Waals surface area contributed by atoms with Gasteiger partial charge in [0.1, 0.15) is 6.04 Å². The number of hydrogen-bond acceptors (Lipinski definition) is 2. The Bertz CT molecular complexity index is 244. The van der Waals surface area contributed by atoms with E-state index in [1.165, 1.54) is 0 Å². The Morgan fingerprint density at radius 3 is 2.67 bits per heavy atom. The van der Waals surface area contributed by atoms with Gasteiger partial charge in [-0.3, -0.25) is 0 Å². The lowest BCUT2D eigenvalue weighted by Gasteiger charge is -2.27. The SMILES string of the molecule is C#CC(CC)N=C(N)N1CCSCC1.I. The number of thioether (sulfide) groups is 1. The van der Waals surface area contributed by atoms with E-state index in [9.17, 15) is 0 Å². The summed E-state index contributed by atoms with van der Waals surface area (Å²) in [6.45, 7) is 4.00. The smallest absolute Gasteiger partial charge is 0.192 e. The monoisotopic (exact) mass is 339 g/mol. The van der Waals surface area contributed by atoms with Gasteiger partial charge in [-0.25, -0.2) is 4.99 Å². The Morgan fingerprint density at radius 2 is 2.20 bits per heavy atom. The average molecular weight is 339 g/mol. The van der Waals surface area contributed by atoms with Gasteiger partial charge in [0, 0.05) is 24.6 Å². The second-order valence-electron chi connectivity index (χ2n) is 3.18. The molecule has 0 aromatic heterocycles.